The van der Waals surface area contributed by atoms with Gasteiger partial charge in [-0.1, -0.05) is 0 Å². The summed E-state index contributed by atoms with van der Waals surface area (Å²) >= 11 is 0. The third-order valence-corrected chi connectivity index (χ3v) is 5.74. The van der Waals surface area contributed by atoms with Crippen LogP contribution in [-0.4, -0.2) is 47.7 Å². The van der Waals surface area contributed by atoms with Crippen LogP contribution in [0.15, 0.2) is 37.1 Å². The van der Waals surface area contributed by atoms with Crippen LogP contribution < -0.4 is 0 Å². The van der Waals surface area contributed by atoms with Gasteiger partial charge in [0.25, 0.3) is 5.91 Å². The lowest BCUT2D eigenvalue weighted by Crippen LogP contribution is -2.44. The summed E-state index contributed by atoms with van der Waals surface area (Å²) in [5.74, 6) is 0.0792. The Morgan fingerprint density at radius 2 is 2.11 bits per heavy atom. The molecule has 1 atom stereocenters. The number of pyridine rings is 1. The van der Waals surface area contributed by atoms with Gasteiger partial charge in [0.15, 0.2) is 5.65 Å². The van der Waals surface area contributed by atoms with E-state index < -0.39 is 0 Å². The van der Waals surface area contributed by atoms with Gasteiger partial charge in [-0.05, 0) is 50.7 Å². The zero-order valence-electron chi connectivity index (χ0n) is 15.4. The monoisotopic (exact) mass is 364 g/mol. The second-order valence-corrected chi connectivity index (χ2v) is 7.66. The fourth-order valence-electron chi connectivity index (χ4n) is 4.10. The van der Waals surface area contributed by atoms with Gasteiger partial charge in [0.1, 0.15) is 5.52 Å². The molecule has 2 aliphatic rings. The predicted octanol–water partition coefficient (Wildman–Crippen LogP) is 3.05. The lowest BCUT2D eigenvalue weighted by Gasteiger charge is -2.36. The molecule has 1 saturated heterocycles. The van der Waals surface area contributed by atoms with Gasteiger partial charge < -0.3 is 9.47 Å². The molecule has 1 amide bonds. The third kappa shape index (κ3) is 3.22. The van der Waals surface area contributed by atoms with Crippen molar-refractivity contribution in [2.24, 2.45) is 0 Å². The number of piperidine rings is 1. The highest BCUT2D eigenvalue weighted by Gasteiger charge is 2.29. The molecule has 1 aliphatic carbocycles. The normalized spacial score (nSPS) is 20.3. The minimum absolute atomic E-state index is 0.0792. The second kappa shape index (κ2) is 6.79. The molecule has 0 bridgehead atoms. The van der Waals surface area contributed by atoms with E-state index in [2.05, 4.69) is 19.6 Å². The average molecular weight is 364 g/mol. The maximum atomic E-state index is 13.2. The topological polar surface area (TPSA) is 68.8 Å². The molecule has 27 heavy (non-hydrogen) atoms. The fraction of sp³-hybridized carbons (Fsp3) is 0.500. The van der Waals surface area contributed by atoms with Gasteiger partial charge in [0.2, 0.25) is 0 Å². The zero-order valence-corrected chi connectivity index (χ0v) is 15.4. The van der Waals surface area contributed by atoms with Crippen LogP contribution in [0.5, 0.6) is 0 Å². The largest absolute Gasteiger partial charge is 0.336 e. The first-order chi connectivity index (χ1) is 13.3. The summed E-state index contributed by atoms with van der Waals surface area (Å²) < 4.78 is 4.08. The molecule has 0 spiro atoms. The average Bonchev–Trinajstić information content (AvgIpc) is 3.25. The van der Waals surface area contributed by atoms with Crippen molar-refractivity contribution in [1.82, 2.24) is 29.2 Å². The number of imidazole rings is 1. The summed E-state index contributed by atoms with van der Waals surface area (Å²) in [6.07, 6.45) is 14.0. The number of rotatable bonds is 5. The third-order valence-electron chi connectivity index (χ3n) is 5.74. The van der Waals surface area contributed by atoms with Crippen molar-refractivity contribution in [2.75, 3.05) is 6.54 Å². The van der Waals surface area contributed by atoms with Gasteiger partial charge in [-0.15, -0.1) is 0 Å². The van der Waals surface area contributed by atoms with E-state index in [-0.39, 0.29) is 11.9 Å². The molecule has 1 aliphatic heterocycles. The number of hydrogen-bond donors (Lipinski definition) is 0. The SMILES string of the molecule is O=C(c1cnc2c(c1)ncn2C1CC1)N1CCCCC1CCn1cccn1. The highest BCUT2D eigenvalue weighted by molar-refractivity contribution is 5.96. The van der Waals surface area contributed by atoms with Crippen molar-refractivity contribution in [3.63, 3.8) is 0 Å². The summed E-state index contributed by atoms with van der Waals surface area (Å²) in [5.41, 5.74) is 2.36. The van der Waals surface area contributed by atoms with Crippen LogP contribution in [-0.2, 0) is 6.54 Å². The molecule has 4 heterocycles. The molecular formula is C20H24N6O. The van der Waals surface area contributed by atoms with Gasteiger partial charge in [0, 0.05) is 43.8 Å². The molecular weight excluding hydrogens is 340 g/mol. The fourth-order valence-corrected chi connectivity index (χ4v) is 4.10. The first-order valence-electron chi connectivity index (χ1n) is 9.90. The lowest BCUT2D eigenvalue weighted by molar-refractivity contribution is 0.0593. The standard InChI is InChI=1S/C20H24N6O/c27-20(15-12-18-19(21-13-15)26(14-22-18)17-5-6-17)25-10-2-1-4-16(25)7-11-24-9-3-8-23-24/h3,8-9,12-14,16-17H,1-2,4-7,10-11H2. The number of aromatic nitrogens is 5. The highest BCUT2D eigenvalue weighted by Crippen LogP contribution is 2.36. The van der Waals surface area contributed by atoms with E-state index in [4.69, 9.17) is 0 Å². The van der Waals surface area contributed by atoms with Crippen LogP contribution in [0.3, 0.4) is 0 Å². The van der Waals surface area contributed by atoms with E-state index in [0.29, 0.717) is 11.6 Å². The van der Waals surface area contributed by atoms with Gasteiger partial charge in [-0.25, -0.2) is 9.97 Å². The van der Waals surface area contributed by atoms with Crippen molar-refractivity contribution >= 4 is 17.1 Å². The van der Waals surface area contributed by atoms with E-state index >= 15 is 0 Å². The van der Waals surface area contributed by atoms with Crippen LogP contribution in [0.1, 0.15) is 54.9 Å². The van der Waals surface area contributed by atoms with E-state index in [9.17, 15) is 4.79 Å². The van der Waals surface area contributed by atoms with Crippen LogP contribution in [0.2, 0.25) is 0 Å². The lowest BCUT2D eigenvalue weighted by atomic mass is 9.98. The maximum absolute atomic E-state index is 13.2. The molecule has 0 aromatic carbocycles. The van der Waals surface area contributed by atoms with Crippen molar-refractivity contribution in [1.29, 1.82) is 0 Å². The number of aryl methyl sites for hydroxylation is 1. The molecule has 3 aromatic heterocycles. The van der Waals surface area contributed by atoms with E-state index in [1.807, 2.05) is 34.2 Å². The smallest absolute Gasteiger partial charge is 0.255 e. The Morgan fingerprint density at radius 3 is 2.93 bits per heavy atom. The van der Waals surface area contributed by atoms with Crippen LogP contribution >= 0.6 is 0 Å². The summed E-state index contributed by atoms with van der Waals surface area (Å²) in [4.78, 5) is 24.3. The Labute approximate surface area is 158 Å². The number of hydrogen-bond acceptors (Lipinski definition) is 4. The minimum atomic E-state index is 0.0792. The summed E-state index contributed by atoms with van der Waals surface area (Å²) in [5, 5.41) is 4.28. The zero-order chi connectivity index (χ0) is 18.2. The number of amides is 1. The van der Waals surface area contributed by atoms with Crippen LogP contribution in [0, 0.1) is 0 Å². The first kappa shape index (κ1) is 16.5. The molecule has 7 nitrogen and oxygen atoms in total. The van der Waals surface area contributed by atoms with Crippen LogP contribution in [0.4, 0.5) is 0 Å². The van der Waals surface area contributed by atoms with Gasteiger partial charge in [0.05, 0.1) is 11.9 Å². The number of likely N-dealkylation sites (tertiary alicyclic amines) is 1. The Hall–Kier alpha value is -2.70. The molecule has 0 radical (unpaired) electrons. The summed E-state index contributed by atoms with van der Waals surface area (Å²) in [7, 11) is 0. The highest BCUT2D eigenvalue weighted by atomic mass is 16.2. The van der Waals surface area contributed by atoms with Crippen molar-refractivity contribution < 1.29 is 4.79 Å². The Bertz CT molecular complexity index is 943. The van der Waals surface area contributed by atoms with Crippen molar-refractivity contribution in [3.8, 4) is 0 Å². The Kier molecular flexibility index (Phi) is 4.14. The quantitative estimate of drug-likeness (QED) is 0.698. The first-order valence-corrected chi connectivity index (χ1v) is 9.90. The Balaban J connectivity index is 1.35. The van der Waals surface area contributed by atoms with Gasteiger partial charge in [-0.3, -0.25) is 9.48 Å². The molecule has 0 N–H and O–H groups in total. The molecule has 5 rings (SSSR count). The molecule has 1 saturated carbocycles. The summed E-state index contributed by atoms with van der Waals surface area (Å²) in [6, 6.07) is 4.64. The molecule has 7 heteroatoms. The van der Waals surface area contributed by atoms with Crippen LogP contribution in [0.25, 0.3) is 11.2 Å². The van der Waals surface area contributed by atoms with Gasteiger partial charge >= 0.3 is 0 Å². The molecule has 1 unspecified atom stereocenters. The number of carbonyl (C=O) groups excluding carboxylic acids is 1. The van der Waals surface area contributed by atoms with E-state index in [0.717, 1.165) is 43.5 Å². The molecule has 3 aromatic rings. The number of nitrogens with zero attached hydrogens (tertiary/aromatic N) is 6. The number of fused-ring (bicyclic) bond motifs is 1. The second-order valence-electron chi connectivity index (χ2n) is 7.66. The summed E-state index contributed by atoms with van der Waals surface area (Å²) in [6.45, 7) is 1.65. The Morgan fingerprint density at radius 1 is 1.19 bits per heavy atom. The van der Waals surface area contributed by atoms with Crippen molar-refractivity contribution in [3.05, 3.63) is 42.6 Å². The van der Waals surface area contributed by atoms with E-state index in [1.54, 1.807) is 12.4 Å². The minimum Gasteiger partial charge on any atom is -0.336 e. The molecule has 2 fully saturated rings. The molecule has 140 valence electrons. The van der Waals surface area contributed by atoms with Gasteiger partial charge in [-0.2, -0.15) is 5.10 Å². The number of carbonyl (C=O) groups is 1. The predicted molar refractivity (Wildman–Crippen MR) is 101 cm³/mol. The van der Waals surface area contributed by atoms with E-state index in [1.165, 1.54) is 19.3 Å². The van der Waals surface area contributed by atoms with Crippen molar-refractivity contribution in [2.45, 2.75) is 57.2 Å². The maximum Gasteiger partial charge on any atom is 0.255 e.